The minimum atomic E-state index is 0.142. The third-order valence-corrected chi connectivity index (χ3v) is 4.18. The summed E-state index contributed by atoms with van der Waals surface area (Å²) in [7, 11) is 1.72. The molecule has 0 bridgehead atoms. The number of carbonyl (C=O) groups excluding carboxylic acids is 1. The third kappa shape index (κ3) is 4.43. The molecule has 7 heteroatoms. The van der Waals surface area contributed by atoms with Gasteiger partial charge in [-0.2, -0.15) is 0 Å². The van der Waals surface area contributed by atoms with Crippen molar-refractivity contribution < 1.29 is 9.53 Å². The largest absolute Gasteiger partial charge is 0.383 e. The van der Waals surface area contributed by atoms with E-state index in [-0.39, 0.29) is 5.91 Å². The molecule has 2 rings (SSSR count). The van der Waals surface area contributed by atoms with E-state index in [2.05, 4.69) is 9.88 Å². The number of thiazole rings is 1. The molecule has 1 aromatic rings. The highest BCUT2D eigenvalue weighted by atomic mass is 32.1. The van der Waals surface area contributed by atoms with E-state index in [1.165, 1.54) is 11.3 Å². The SMILES string of the molecule is COCCN1CCCN(C(=O)Cc2csc(N)n2)CC1. The average molecular weight is 298 g/mol. The summed E-state index contributed by atoms with van der Waals surface area (Å²) < 4.78 is 5.10. The summed E-state index contributed by atoms with van der Waals surface area (Å²) in [4.78, 5) is 20.7. The molecule has 0 unspecified atom stereocenters. The van der Waals surface area contributed by atoms with Crippen LogP contribution in [-0.4, -0.2) is 67.1 Å². The van der Waals surface area contributed by atoms with E-state index in [9.17, 15) is 4.79 Å². The Bertz CT molecular complexity index is 438. The van der Waals surface area contributed by atoms with Crippen LogP contribution in [0.1, 0.15) is 12.1 Å². The number of ether oxygens (including phenoxy) is 1. The minimum absolute atomic E-state index is 0.142. The van der Waals surface area contributed by atoms with E-state index in [1.54, 1.807) is 7.11 Å². The summed E-state index contributed by atoms with van der Waals surface area (Å²) >= 11 is 1.38. The van der Waals surface area contributed by atoms with E-state index in [0.717, 1.165) is 51.4 Å². The van der Waals surface area contributed by atoms with Gasteiger partial charge in [-0.05, 0) is 13.0 Å². The van der Waals surface area contributed by atoms with Crippen LogP contribution in [0.25, 0.3) is 0 Å². The Morgan fingerprint density at radius 1 is 1.45 bits per heavy atom. The fourth-order valence-corrected chi connectivity index (χ4v) is 2.90. The van der Waals surface area contributed by atoms with Gasteiger partial charge in [-0.15, -0.1) is 11.3 Å². The molecular weight excluding hydrogens is 276 g/mol. The van der Waals surface area contributed by atoms with Gasteiger partial charge < -0.3 is 15.4 Å². The van der Waals surface area contributed by atoms with Gasteiger partial charge in [-0.3, -0.25) is 9.69 Å². The first-order chi connectivity index (χ1) is 9.69. The number of rotatable bonds is 5. The van der Waals surface area contributed by atoms with Gasteiger partial charge in [0.15, 0.2) is 5.13 Å². The smallest absolute Gasteiger partial charge is 0.228 e. The molecule has 0 aliphatic carbocycles. The van der Waals surface area contributed by atoms with Crippen LogP contribution in [0, 0.1) is 0 Å². The predicted octanol–water partition coefficient (Wildman–Crippen LogP) is 0.449. The molecule has 0 radical (unpaired) electrons. The first-order valence-corrected chi connectivity index (χ1v) is 7.76. The zero-order valence-electron chi connectivity index (χ0n) is 11.9. The maximum absolute atomic E-state index is 12.3. The van der Waals surface area contributed by atoms with Crippen molar-refractivity contribution in [3.8, 4) is 0 Å². The highest BCUT2D eigenvalue weighted by molar-refractivity contribution is 7.13. The number of nitrogens with zero attached hydrogens (tertiary/aromatic N) is 3. The molecule has 1 aliphatic rings. The fraction of sp³-hybridized carbons (Fsp3) is 0.692. The molecule has 1 aliphatic heterocycles. The molecule has 2 N–H and O–H groups in total. The summed E-state index contributed by atoms with van der Waals surface area (Å²) in [5, 5.41) is 2.38. The number of carbonyl (C=O) groups is 1. The zero-order chi connectivity index (χ0) is 14.4. The van der Waals surface area contributed by atoms with Crippen molar-refractivity contribution in [2.24, 2.45) is 0 Å². The van der Waals surface area contributed by atoms with Gasteiger partial charge >= 0.3 is 0 Å². The quantitative estimate of drug-likeness (QED) is 0.854. The van der Waals surface area contributed by atoms with Gasteiger partial charge in [0.2, 0.25) is 5.91 Å². The lowest BCUT2D eigenvalue weighted by atomic mass is 10.3. The van der Waals surface area contributed by atoms with E-state index < -0.39 is 0 Å². The number of nitrogens with two attached hydrogens (primary N) is 1. The Morgan fingerprint density at radius 2 is 2.30 bits per heavy atom. The van der Waals surface area contributed by atoms with E-state index >= 15 is 0 Å². The lowest BCUT2D eigenvalue weighted by Gasteiger charge is -2.21. The maximum atomic E-state index is 12.3. The number of nitrogen functional groups attached to an aromatic ring is 1. The lowest BCUT2D eigenvalue weighted by Crippen LogP contribution is -2.36. The van der Waals surface area contributed by atoms with Crippen LogP contribution in [0.2, 0.25) is 0 Å². The second kappa shape index (κ2) is 7.56. The molecule has 0 atom stereocenters. The van der Waals surface area contributed by atoms with Crippen LogP contribution in [0.3, 0.4) is 0 Å². The molecule has 1 fully saturated rings. The molecule has 1 saturated heterocycles. The summed E-state index contributed by atoms with van der Waals surface area (Å²) in [6.45, 7) is 5.21. The Balaban J connectivity index is 1.82. The predicted molar refractivity (Wildman–Crippen MR) is 79.7 cm³/mol. The molecule has 0 saturated carbocycles. The summed E-state index contributed by atoms with van der Waals surface area (Å²) in [6.07, 6.45) is 1.36. The monoisotopic (exact) mass is 298 g/mol. The van der Waals surface area contributed by atoms with Gasteiger partial charge in [0.05, 0.1) is 18.7 Å². The lowest BCUT2D eigenvalue weighted by molar-refractivity contribution is -0.130. The summed E-state index contributed by atoms with van der Waals surface area (Å²) in [5.41, 5.74) is 6.36. The van der Waals surface area contributed by atoms with E-state index in [4.69, 9.17) is 10.5 Å². The highest BCUT2D eigenvalue weighted by Crippen LogP contribution is 2.13. The average Bonchev–Trinajstić information content (AvgIpc) is 2.71. The van der Waals surface area contributed by atoms with Gasteiger partial charge in [-0.1, -0.05) is 0 Å². The van der Waals surface area contributed by atoms with Gasteiger partial charge in [-0.25, -0.2) is 4.98 Å². The molecule has 6 nitrogen and oxygen atoms in total. The number of methoxy groups -OCH3 is 1. The fourth-order valence-electron chi connectivity index (χ4n) is 2.33. The van der Waals surface area contributed by atoms with Crippen molar-refractivity contribution in [2.45, 2.75) is 12.8 Å². The molecule has 1 amide bonds. The molecule has 20 heavy (non-hydrogen) atoms. The third-order valence-electron chi connectivity index (χ3n) is 3.45. The van der Waals surface area contributed by atoms with Crippen LogP contribution >= 0.6 is 11.3 Å². The Kier molecular flexibility index (Phi) is 5.75. The van der Waals surface area contributed by atoms with Crippen LogP contribution in [0.15, 0.2) is 5.38 Å². The summed E-state index contributed by atoms with van der Waals surface area (Å²) in [5.74, 6) is 0.142. The topological polar surface area (TPSA) is 71.7 Å². The number of hydrogen-bond donors (Lipinski definition) is 1. The number of hydrogen-bond acceptors (Lipinski definition) is 6. The van der Waals surface area contributed by atoms with Gasteiger partial charge in [0.25, 0.3) is 0 Å². The van der Waals surface area contributed by atoms with Crippen molar-refractivity contribution in [3.05, 3.63) is 11.1 Å². The first kappa shape index (κ1) is 15.2. The second-order valence-corrected chi connectivity index (χ2v) is 5.81. The standard InChI is InChI=1S/C13H22N4O2S/c1-19-8-7-16-3-2-4-17(6-5-16)12(18)9-11-10-20-13(14)15-11/h10H,2-9H2,1H3,(H2,14,15). The molecule has 112 valence electrons. The van der Waals surface area contributed by atoms with Crippen LogP contribution in [0.5, 0.6) is 0 Å². The van der Waals surface area contributed by atoms with E-state index in [1.807, 2.05) is 10.3 Å². The Morgan fingerprint density at radius 3 is 3.00 bits per heavy atom. The van der Waals surface area contributed by atoms with Crippen molar-refractivity contribution in [2.75, 3.05) is 52.2 Å². The normalized spacial score (nSPS) is 17.1. The van der Waals surface area contributed by atoms with E-state index in [0.29, 0.717) is 11.6 Å². The van der Waals surface area contributed by atoms with Crippen LogP contribution in [0.4, 0.5) is 5.13 Å². The number of anilines is 1. The van der Waals surface area contributed by atoms with Crippen molar-refractivity contribution >= 4 is 22.4 Å². The van der Waals surface area contributed by atoms with Crippen molar-refractivity contribution in [1.82, 2.24) is 14.8 Å². The first-order valence-electron chi connectivity index (χ1n) is 6.88. The highest BCUT2D eigenvalue weighted by Gasteiger charge is 2.19. The van der Waals surface area contributed by atoms with Gasteiger partial charge in [0, 0.05) is 38.7 Å². The van der Waals surface area contributed by atoms with Crippen molar-refractivity contribution in [3.63, 3.8) is 0 Å². The second-order valence-electron chi connectivity index (χ2n) is 4.92. The number of amides is 1. The summed E-state index contributed by atoms with van der Waals surface area (Å²) in [6, 6.07) is 0. The van der Waals surface area contributed by atoms with Crippen LogP contribution < -0.4 is 5.73 Å². The molecule has 2 heterocycles. The maximum Gasteiger partial charge on any atom is 0.228 e. The molecule has 1 aromatic heterocycles. The molecule has 0 aromatic carbocycles. The number of aromatic nitrogens is 1. The zero-order valence-corrected chi connectivity index (χ0v) is 12.7. The Labute approximate surface area is 123 Å². The van der Waals surface area contributed by atoms with Gasteiger partial charge in [0.1, 0.15) is 0 Å². The van der Waals surface area contributed by atoms with Crippen LogP contribution in [-0.2, 0) is 16.0 Å². The Hall–Kier alpha value is -1.18. The van der Waals surface area contributed by atoms with Crippen molar-refractivity contribution in [1.29, 1.82) is 0 Å². The molecular formula is C13H22N4O2S. The minimum Gasteiger partial charge on any atom is -0.383 e. The molecule has 0 spiro atoms.